The third kappa shape index (κ3) is 4.72. The van der Waals surface area contributed by atoms with Crippen LogP contribution in [0.2, 0.25) is 0 Å². The van der Waals surface area contributed by atoms with Gasteiger partial charge in [-0.25, -0.2) is 9.78 Å². The first-order chi connectivity index (χ1) is 11.8. The molecule has 0 unspecified atom stereocenters. The van der Waals surface area contributed by atoms with E-state index in [-0.39, 0.29) is 11.7 Å². The van der Waals surface area contributed by atoms with E-state index in [9.17, 15) is 9.59 Å². The Morgan fingerprint density at radius 1 is 1.24 bits per heavy atom. The highest BCUT2D eigenvalue weighted by Gasteiger charge is 2.26. The smallest absolute Gasteiger partial charge is 0.410 e. The Bertz CT molecular complexity index is 770. The van der Waals surface area contributed by atoms with Crippen molar-refractivity contribution in [1.82, 2.24) is 14.9 Å². The highest BCUT2D eigenvalue weighted by molar-refractivity contribution is 7.17. The maximum absolute atomic E-state index is 12.1. The molecule has 0 atom stereocenters. The first-order valence-corrected chi connectivity index (χ1v) is 9.42. The molecule has 1 amide bonds. The molecule has 0 aliphatic carbocycles. The lowest BCUT2D eigenvalue weighted by Crippen LogP contribution is -2.50. The fourth-order valence-electron chi connectivity index (χ4n) is 2.44. The van der Waals surface area contributed by atoms with E-state index < -0.39 is 5.60 Å². The summed E-state index contributed by atoms with van der Waals surface area (Å²) in [5.41, 5.74) is 0.100. The van der Waals surface area contributed by atoms with E-state index in [0.29, 0.717) is 42.3 Å². The van der Waals surface area contributed by atoms with Gasteiger partial charge in [-0.1, -0.05) is 13.8 Å². The molecule has 1 fully saturated rings. The number of carbonyl (C=O) groups is 1. The maximum atomic E-state index is 12.1. The first-order valence-electron chi connectivity index (χ1n) is 8.54. The zero-order valence-electron chi connectivity index (χ0n) is 15.5. The molecule has 0 radical (unpaired) electrons. The van der Waals surface area contributed by atoms with Gasteiger partial charge in [0.15, 0.2) is 0 Å². The summed E-state index contributed by atoms with van der Waals surface area (Å²) < 4.78 is 6.02. The van der Waals surface area contributed by atoms with Crippen molar-refractivity contribution in [3.63, 3.8) is 0 Å². The van der Waals surface area contributed by atoms with Crippen LogP contribution in [0.4, 0.5) is 10.7 Å². The van der Waals surface area contributed by atoms with Crippen LogP contribution in [0.15, 0.2) is 16.2 Å². The predicted octanol–water partition coefficient (Wildman–Crippen LogP) is 3.07. The van der Waals surface area contributed by atoms with Crippen LogP contribution in [0.25, 0.3) is 10.2 Å². The van der Waals surface area contributed by atoms with Gasteiger partial charge in [-0.2, -0.15) is 0 Å². The number of hydrogen-bond acceptors (Lipinski definition) is 6. The molecule has 25 heavy (non-hydrogen) atoms. The molecule has 3 heterocycles. The van der Waals surface area contributed by atoms with Crippen molar-refractivity contribution in [3.8, 4) is 0 Å². The number of H-pyrrole nitrogens is 1. The monoisotopic (exact) mass is 366 g/mol. The van der Waals surface area contributed by atoms with E-state index in [4.69, 9.17) is 4.74 Å². The van der Waals surface area contributed by atoms with Crippen LogP contribution < -0.4 is 10.5 Å². The van der Waals surface area contributed by atoms with Crippen molar-refractivity contribution in [2.75, 3.05) is 31.1 Å². The minimum atomic E-state index is -0.495. The average molecular weight is 366 g/mol. The summed E-state index contributed by atoms with van der Waals surface area (Å²) in [7, 11) is 0. The molecule has 0 aromatic carbocycles. The standard InChI is InChI=1S/C15H20N4O3S.C2H6/c1-15(2,3)22-14(21)19-7-5-18(6-8-19)13-16-10-4-9-23-11(10)12(20)17-13;1-2/h4,9H,5-8H2,1-3H3,(H,16,17,20);1-2H3. The van der Waals surface area contributed by atoms with E-state index in [2.05, 4.69) is 9.97 Å². The Hall–Kier alpha value is -2.09. The predicted molar refractivity (Wildman–Crippen MR) is 102 cm³/mol. The molecule has 138 valence electrons. The molecular weight excluding hydrogens is 340 g/mol. The molecule has 1 N–H and O–H groups in total. The largest absolute Gasteiger partial charge is 0.444 e. The molecule has 1 saturated heterocycles. The summed E-state index contributed by atoms with van der Waals surface area (Å²) in [5.74, 6) is 0.560. The summed E-state index contributed by atoms with van der Waals surface area (Å²) in [6.07, 6.45) is -0.299. The third-order valence-corrected chi connectivity index (χ3v) is 4.44. The van der Waals surface area contributed by atoms with Crippen LogP contribution in [0.1, 0.15) is 34.6 Å². The van der Waals surface area contributed by atoms with Crippen molar-refractivity contribution in [3.05, 3.63) is 21.8 Å². The summed E-state index contributed by atoms with van der Waals surface area (Å²) in [4.78, 5) is 35.1. The SMILES string of the molecule is CC.CC(C)(C)OC(=O)N1CCN(c2nc3ccsc3c(=O)[nH]2)CC1. The molecule has 0 saturated carbocycles. The van der Waals surface area contributed by atoms with Gasteiger partial charge in [0.25, 0.3) is 5.56 Å². The number of carbonyl (C=O) groups excluding carboxylic acids is 1. The lowest BCUT2D eigenvalue weighted by Gasteiger charge is -2.35. The molecular formula is C17H26N4O3S. The van der Waals surface area contributed by atoms with E-state index in [1.807, 2.05) is 51.0 Å². The van der Waals surface area contributed by atoms with Crippen molar-refractivity contribution in [2.24, 2.45) is 0 Å². The van der Waals surface area contributed by atoms with Gasteiger partial charge >= 0.3 is 6.09 Å². The minimum Gasteiger partial charge on any atom is -0.444 e. The van der Waals surface area contributed by atoms with E-state index in [0.717, 1.165) is 0 Å². The topological polar surface area (TPSA) is 78.5 Å². The highest BCUT2D eigenvalue weighted by atomic mass is 32.1. The Morgan fingerprint density at radius 3 is 2.48 bits per heavy atom. The van der Waals surface area contributed by atoms with Gasteiger partial charge in [0.05, 0.1) is 5.52 Å². The highest BCUT2D eigenvalue weighted by Crippen LogP contribution is 2.18. The molecule has 2 aromatic heterocycles. The first kappa shape index (κ1) is 19.2. The van der Waals surface area contributed by atoms with Crippen molar-refractivity contribution >= 4 is 33.6 Å². The zero-order valence-corrected chi connectivity index (χ0v) is 16.3. The van der Waals surface area contributed by atoms with Crippen LogP contribution in [-0.4, -0.2) is 52.7 Å². The second-order valence-corrected chi connectivity index (χ2v) is 7.40. The van der Waals surface area contributed by atoms with Crippen LogP contribution in [0, 0.1) is 0 Å². The Balaban J connectivity index is 0.00000109. The molecule has 1 aliphatic rings. The number of amides is 1. The van der Waals surface area contributed by atoms with Crippen molar-refractivity contribution in [1.29, 1.82) is 0 Å². The van der Waals surface area contributed by atoms with E-state index in [1.54, 1.807) is 4.90 Å². The van der Waals surface area contributed by atoms with Crippen molar-refractivity contribution in [2.45, 2.75) is 40.2 Å². The number of fused-ring (bicyclic) bond motifs is 1. The lowest BCUT2D eigenvalue weighted by atomic mass is 10.2. The molecule has 7 nitrogen and oxygen atoms in total. The number of hydrogen-bond donors (Lipinski definition) is 1. The summed E-state index contributed by atoms with van der Waals surface area (Å²) in [5, 5.41) is 1.86. The normalized spacial score (nSPS) is 14.9. The summed E-state index contributed by atoms with van der Waals surface area (Å²) >= 11 is 1.38. The number of anilines is 1. The molecule has 3 rings (SSSR count). The van der Waals surface area contributed by atoms with Gasteiger partial charge in [0.1, 0.15) is 10.3 Å². The number of aromatic nitrogens is 2. The quantitative estimate of drug-likeness (QED) is 0.839. The molecule has 2 aromatic rings. The van der Waals surface area contributed by atoms with Crippen LogP contribution in [0.5, 0.6) is 0 Å². The van der Waals surface area contributed by atoms with Gasteiger partial charge in [-0.3, -0.25) is 9.78 Å². The van der Waals surface area contributed by atoms with Crippen LogP contribution in [-0.2, 0) is 4.74 Å². The number of rotatable bonds is 1. The van der Waals surface area contributed by atoms with Gasteiger partial charge in [-0.15, -0.1) is 11.3 Å². The van der Waals surface area contributed by atoms with Gasteiger partial charge < -0.3 is 14.5 Å². The third-order valence-electron chi connectivity index (χ3n) is 3.53. The fourth-order valence-corrected chi connectivity index (χ4v) is 3.16. The van der Waals surface area contributed by atoms with Gasteiger partial charge in [-0.05, 0) is 32.2 Å². The van der Waals surface area contributed by atoms with Crippen LogP contribution >= 0.6 is 11.3 Å². The minimum absolute atomic E-state index is 0.116. The summed E-state index contributed by atoms with van der Waals surface area (Å²) in [6, 6.07) is 1.84. The number of nitrogens with zero attached hydrogens (tertiary/aromatic N) is 3. The number of aromatic amines is 1. The van der Waals surface area contributed by atoms with E-state index in [1.165, 1.54) is 11.3 Å². The lowest BCUT2D eigenvalue weighted by molar-refractivity contribution is 0.0240. The molecule has 0 spiro atoms. The summed E-state index contributed by atoms with van der Waals surface area (Å²) in [6.45, 7) is 11.9. The number of piperazine rings is 1. The second kappa shape index (κ2) is 7.86. The van der Waals surface area contributed by atoms with Crippen LogP contribution in [0.3, 0.4) is 0 Å². The Morgan fingerprint density at radius 2 is 1.88 bits per heavy atom. The van der Waals surface area contributed by atoms with E-state index >= 15 is 0 Å². The molecule has 0 bridgehead atoms. The average Bonchev–Trinajstić information content (AvgIpc) is 3.04. The second-order valence-electron chi connectivity index (χ2n) is 6.48. The number of nitrogens with one attached hydrogen (secondary N) is 1. The number of ether oxygens (including phenoxy) is 1. The molecule has 1 aliphatic heterocycles. The molecule has 8 heteroatoms. The Labute approximate surface area is 151 Å². The zero-order chi connectivity index (χ0) is 18.6. The fraction of sp³-hybridized carbons (Fsp3) is 0.588. The van der Waals surface area contributed by atoms with Gasteiger partial charge in [0.2, 0.25) is 5.95 Å². The van der Waals surface area contributed by atoms with Gasteiger partial charge in [0, 0.05) is 26.2 Å². The Kier molecular flexibility index (Phi) is 6.05. The number of thiophene rings is 1. The maximum Gasteiger partial charge on any atom is 0.410 e. The van der Waals surface area contributed by atoms with Crippen molar-refractivity contribution < 1.29 is 9.53 Å².